The average molecular weight is 491 g/mol. The average Bonchev–Trinajstić information content (AvgIpc) is 2.83. The van der Waals surface area contributed by atoms with Crippen LogP contribution in [0.15, 0.2) is 47.4 Å². The van der Waals surface area contributed by atoms with Crippen LogP contribution in [0.25, 0.3) is 16.9 Å². The zero-order valence-electron chi connectivity index (χ0n) is 21.2. The first-order valence-corrected chi connectivity index (χ1v) is 11.7. The van der Waals surface area contributed by atoms with Crippen LogP contribution in [0.4, 0.5) is 8.78 Å². The maximum absolute atomic E-state index is 14.0. The van der Waals surface area contributed by atoms with Gasteiger partial charge in [-0.15, -0.1) is 0 Å². The van der Waals surface area contributed by atoms with Crippen molar-refractivity contribution in [3.05, 3.63) is 98.5 Å². The van der Waals surface area contributed by atoms with Crippen molar-refractivity contribution in [3.8, 4) is 22.8 Å². The van der Waals surface area contributed by atoms with Crippen molar-refractivity contribution in [1.29, 1.82) is 0 Å². The predicted molar refractivity (Wildman–Crippen MR) is 135 cm³/mol. The summed E-state index contributed by atoms with van der Waals surface area (Å²) in [4.78, 5) is 27.1. The van der Waals surface area contributed by atoms with Crippen molar-refractivity contribution in [2.45, 2.75) is 54.1 Å². The molecule has 0 bridgehead atoms. The monoisotopic (exact) mass is 490 g/mol. The van der Waals surface area contributed by atoms with Gasteiger partial charge >= 0.3 is 0 Å². The van der Waals surface area contributed by atoms with Crippen LogP contribution in [-0.4, -0.2) is 19.5 Å². The van der Waals surface area contributed by atoms with Gasteiger partial charge in [0, 0.05) is 29.3 Å². The molecule has 0 aliphatic rings. The standard InChI is InChI=1S/C28H28F2N4O2/c1-15(2)26-31-13-17(4)25(33-26)20-8-7-16(3)24(11-20)34-19(6)32-27(18(5)28(34)35)36-14-21-9-10-22(29)12-23(21)30/h7-13,15H,14H2,1-6H3. The van der Waals surface area contributed by atoms with Crippen LogP contribution in [0.5, 0.6) is 5.88 Å². The molecule has 8 heteroatoms. The Bertz CT molecular complexity index is 1510. The van der Waals surface area contributed by atoms with E-state index in [4.69, 9.17) is 9.72 Å². The molecule has 0 amide bonds. The molecule has 6 nitrogen and oxygen atoms in total. The lowest BCUT2D eigenvalue weighted by atomic mass is 10.0. The van der Waals surface area contributed by atoms with Crippen LogP contribution in [0.2, 0.25) is 0 Å². The molecule has 4 rings (SSSR count). The first kappa shape index (κ1) is 25.2. The molecule has 0 fully saturated rings. The molecule has 0 unspecified atom stereocenters. The maximum atomic E-state index is 14.0. The number of nitrogens with zero attached hydrogens (tertiary/aromatic N) is 4. The van der Waals surface area contributed by atoms with E-state index in [-0.39, 0.29) is 35.1 Å². The van der Waals surface area contributed by atoms with Gasteiger partial charge in [0.25, 0.3) is 5.56 Å². The van der Waals surface area contributed by atoms with Gasteiger partial charge in [-0.3, -0.25) is 9.36 Å². The van der Waals surface area contributed by atoms with Gasteiger partial charge in [-0.25, -0.2) is 18.7 Å². The number of ether oxygens (including phenoxy) is 1. The predicted octanol–water partition coefficient (Wildman–Crippen LogP) is 5.90. The Morgan fingerprint density at radius 2 is 1.72 bits per heavy atom. The van der Waals surface area contributed by atoms with E-state index in [1.807, 2.05) is 52.1 Å². The van der Waals surface area contributed by atoms with E-state index in [1.54, 1.807) is 18.4 Å². The second-order valence-electron chi connectivity index (χ2n) is 9.17. The summed E-state index contributed by atoms with van der Waals surface area (Å²) >= 11 is 0. The van der Waals surface area contributed by atoms with Crippen LogP contribution in [0.3, 0.4) is 0 Å². The van der Waals surface area contributed by atoms with Gasteiger partial charge in [-0.2, -0.15) is 4.98 Å². The quantitative estimate of drug-likeness (QED) is 0.336. The highest BCUT2D eigenvalue weighted by molar-refractivity contribution is 5.66. The fourth-order valence-electron chi connectivity index (χ4n) is 3.92. The molecule has 2 aromatic heterocycles. The van der Waals surface area contributed by atoms with Crippen LogP contribution in [0, 0.1) is 39.3 Å². The van der Waals surface area contributed by atoms with Gasteiger partial charge in [0.1, 0.15) is 29.9 Å². The lowest BCUT2D eigenvalue weighted by Crippen LogP contribution is -2.26. The van der Waals surface area contributed by atoms with Crippen molar-refractivity contribution in [3.63, 3.8) is 0 Å². The highest BCUT2D eigenvalue weighted by Gasteiger charge is 2.18. The first-order chi connectivity index (χ1) is 17.1. The van der Waals surface area contributed by atoms with Crippen molar-refractivity contribution < 1.29 is 13.5 Å². The third kappa shape index (κ3) is 4.89. The Labute approximate surface area is 208 Å². The maximum Gasteiger partial charge on any atom is 0.264 e. The smallest absolute Gasteiger partial charge is 0.264 e. The minimum atomic E-state index is -0.717. The Morgan fingerprint density at radius 1 is 0.972 bits per heavy atom. The molecule has 0 N–H and O–H groups in total. The summed E-state index contributed by atoms with van der Waals surface area (Å²) in [6, 6.07) is 9.12. The minimum Gasteiger partial charge on any atom is -0.472 e. The number of hydrogen-bond donors (Lipinski definition) is 0. The van der Waals surface area contributed by atoms with E-state index in [0.717, 1.165) is 40.3 Å². The van der Waals surface area contributed by atoms with Crippen LogP contribution >= 0.6 is 0 Å². The lowest BCUT2D eigenvalue weighted by molar-refractivity contribution is 0.283. The van der Waals surface area contributed by atoms with E-state index in [1.165, 1.54) is 6.07 Å². The second-order valence-corrected chi connectivity index (χ2v) is 9.17. The normalized spacial score (nSPS) is 11.2. The van der Waals surface area contributed by atoms with Gasteiger partial charge in [-0.1, -0.05) is 26.0 Å². The van der Waals surface area contributed by atoms with E-state index in [9.17, 15) is 13.6 Å². The second kappa shape index (κ2) is 9.97. The summed E-state index contributed by atoms with van der Waals surface area (Å²) in [5.41, 5.74) is 4.36. The summed E-state index contributed by atoms with van der Waals surface area (Å²) in [5, 5.41) is 0. The topological polar surface area (TPSA) is 69.9 Å². The third-order valence-corrected chi connectivity index (χ3v) is 6.04. The van der Waals surface area contributed by atoms with E-state index in [0.29, 0.717) is 11.5 Å². The van der Waals surface area contributed by atoms with Crippen LogP contribution < -0.4 is 10.3 Å². The largest absolute Gasteiger partial charge is 0.472 e. The van der Waals surface area contributed by atoms with Crippen LogP contribution in [-0.2, 0) is 6.61 Å². The van der Waals surface area contributed by atoms with E-state index >= 15 is 0 Å². The van der Waals surface area contributed by atoms with Crippen molar-refractivity contribution in [2.24, 2.45) is 0 Å². The van der Waals surface area contributed by atoms with Gasteiger partial charge in [0.05, 0.1) is 16.9 Å². The number of benzene rings is 2. The Kier molecular flexibility index (Phi) is 6.97. The Morgan fingerprint density at radius 3 is 2.42 bits per heavy atom. The minimum absolute atomic E-state index is 0.111. The SMILES string of the molecule is Cc1ccc(-c2nc(C(C)C)ncc2C)cc1-n1c(C)nc(OCc2ccc(F)cc2F)c(C)c1=O. The molecule has 0 radical (unpaired) electrons. The molecular formula is C28H28F2N4O2. The zero-order chi connectivity index (χ0) is 26.1. The lowest BCUT2D eigenvalue weighted by Gasteiger charge is -2.17. The fraction of sp³-hybridized carbons (Fsp3) is 0.286. The highest BCUT2D eigenvalue weighted by atomic mass is 19.1. The number of aromatic nitrogens is 4. The van der Waals surface area contributed by atoms with E-state index in [2.05, 4.69) is 9.97 Å². The molecule has 0 aliphatic carbocycles. The molecule has 2 heterocycles. The number of aryl methyl sites for hydroxylation is 3. The molecule has 0 saturated carbocycles. The molecule has 0 atom stereocenters. The summed E-state index contributed by atoms with van der Waals surface area (Å²) in [7, 11) is 0. The molecule has 0 aliphatic heterocycles. The number of hydrogen-bond acceptors (Lipinski definition) is 5. The highest BCUT2D eigenvalue weighted by Crippen LogP contribution is 2.27. The van der Waals surface area contributed by atoms with Gasteiger partial charge in [-0.05, 0) is 57.0 Å². The fourth-order valence-corrected chi connectivity index (χ4v) is 3.92. The van der Waals surface area contributed by atoms with Crippen molar-refractivity contribution in [2.75, 3.05) is 0 Å². The van der Waals surface area contributed by atoms with Gasteiger partial charge < -0.3 is 4.74 Å². The molecule has 0 spiro atoms. The summed E-state index contributed by atoms with van der Waals surface area (Å²) in [5.74, 6) is 0.0804. The molecule has 4 aromatic rings. The van der Waals surface area contributed by atoms with Crippen molar-refractivity contribution >= 4 is 0 Å². The molecule has 0 saturated heterocycles. The number of rotatable bonds is 6. The molecule has 186 valence electrons. The third-order valence-electron chi connectivity index (χ3n) is 6.04. The Hall–Kier alpha value is -3.94. The van der Waals surface area contributed by atoms with E-state index < -0.39 is 11.6 Å². The van der Waals surface area contributed by atoms with Crippen molar-refractivity contribution in [1.82, 2.24) is 19.5 Å². The van der Waals surface area contributed by atoms with Crippen LogP contribution in [0.1, 0.15) is 53.7 Å². The summed E-state index contributed by atoms with van der Waals surface area (Å²) in [6.07, 6.45) is 1.82. The number of halogens is 2. The first-order valence-electron chi connectivity index (χ1n) is 11.7. The summed E-state index contributed by atoms with van der Waals surface area (Å²) in [6.45, 7) is 11.1. The molecule has 36 heavy (non-hydrogen) atoms. The summed E-state index contributed by atoms with van der Waals surface area (Å²) < 4.78 is 34.4. The van der Waals surface area contributed by atoms with Gasteiger partial charge in [0.15, 0.2) is 0 Å². The molecule has 2 aromatic carbocycles. The zero-order valence-corrected chi connectivity index (χ0v) is 21.2. The molecular weight excluding hydrogens is 462 g/mol. The van der Waals surface area contributed by atoms with Gasteiger partial charge in [0.2, 0.25) is 5.88 Å². The Balaban J connectivity index is 1.74.